The maximum Gasteiger partial charge on any atom is 0.146 e. The molecular weight excluding hydrogens is 343 g/mol. The minimum absolute atomic E-state index is 0.178. The Kier molecular flexibility index (Phi) is 6.69. The van der Waals surface area contributed by atoms with Gasteiger partial charge in [0.05, 0.1) is 5.69 Å². The van der Waals surface area contributed by atoms with Crippen LogP contribution in [-0.4, -0.2) is 55.4 Å². The standard InChI is InChI=1S/C22H29FN2O2/c1-17(2)19-7-3-6-10-22(19)27-16-18(26)15-24-11-13-25(14-12-24)21-9-5-4-8-20(21)23/h3-10,17-18,26H,11-16H2,1-2H3/t18-/m0/s1. The summed E-state index contributed by atoms with van der Waals surface area (Å²) in [4.78, 5) is 4.27. The first-order valence-corrected chi connectivity index (χ1v) is 9.66. The van der Waals surface area contributed by atoms with Crippen LogP contribution in [0, 0.1) is 5.82 Å². The van der Waals surface area contributed by atoms with E-state index in [1.165, 1.54) is 6.07 Å². The second-order valence-corrected chi connectivity index (χ2v) is 7.40. The van der Waals surface area contributed by atoms with Gasteiger partial charge in [0.2, 0.25) is 0 Å². The van der Waals surface area contributed by atoms with E-state index >= 15 is 0 Å². The van der Waals surface area contributed by atoms with E-state index in [2.05, 4.69) is 29.7 Å². The molecule has 4 nitrogen and oxygen atoms in total. The molecule has 1 heterocycles. The van der Waals surface area contributed by atoms with Crippen LogP contribution in [0.25, 0.3) is 0 Å². The monoisotopic (exact) mass is 372 g/mol. The van der Waals surface area contributed by atoms with Crippen LogP contribution in [-0.2, 0) is 0 Å². The number of piperazine rings is 1. The Morgan fingerprint density at radius 1 is 1.00 bits per heavy atom. The molecule has 146 valence electrons. The number of ether oxygens (including phenoxy) is 1. The number of benzene rings is 2. The Hall–Kier alpha value is -2.11. The van der Waals surface area contributed by atoms with Gasteiger partial charge in [0, 0.05) is 32.7 Å². The van der Waals surface area contributed by atoms with Gasteiger partial charge in [-0.25, -0.2) is 4.39 Å². The number of para-hydroxylation sites is 2. The summed E-state index contributed by atoms with van der Waals surface area (Å²) in [6, 6.07) is 14.9. The highest BCUT2D eigenvalue weighted by Gasteiger charge is 2.21. The molecule has 3 rings (SSSR count). The minimum Gasteiger partial charge on any atom is -0.491 e. The molecule has 0 unspecified atom stereocenters. The number of hydrogen-bond acceptors (Lipinski definition) is 4. The van der Waals surface area contributed by atoms with Crippen molar-refractivity contribution in [3.63, 3.8) is 0 Å². The molecule has 0 aromatic heterocycles. The molecule has 0 radical (unpaired) electrons. The Morgan fingerprint density at radius 3 is 2.37 bits per heavy atom. The van der Waals surface area contributed by atoms with Gasteiger partial charge in [-0.3, -0.25) is 4.90 Å². The van der Waals surface area contributed by atoms with Crippen molar-refractivity contribution in [2.24, 2.45) is 0 Å². The molecule has 0 aliphatic carbocycles. The summed E-state index contributed by atoms with van der Waals surface area (Å²) in [7, 11) is 0. The van der Waals surface area contributed by atoms with Gasteiger partial charge in [-0.05, 0) is 29.7 Å². The highest BCUT2D eigenvalue weighted by molar-refractivity contribution is 5.48. The normalized spacial score (nSPS) is 16.6. The quantitative estimate of drug-likeness (QED) is 0.807. The van der Waals surface area contributed by atoms with Gasteiger partial charge in [-0.15, -0.1) is 0 Å². The lowest BCUT2D eigenvalue weighted by molar-refractivity contribution is 0.0658. The lowest BCUT2D eigenvalue weighted by atomic mass is 10.0. The van der Waals surface area contributed by atoms with E-state index in [0.29, 0.717) is 18.2 Å². The summed E-state index contributed by atoms with van der Waals surface area (Å²) < 4.78 is 19.8. The average Bonchev–Trinajstić information content (AvgIpc) is 2.68. The van der Waals surface area contributed by atoms with Crippen LogP contribution in [0.5, 0.6) is 5.75 Å². The second kappa shape index (κ2) is 9.20. The maximum absolute atomic E-state index is 13.9. The summed E-state index contributed by atoms with van der Waals surface area (Å²) in [6.07, 6.45) is -0.551. The first-order chi connectivity index (χ1) is 13.0. The number of rotatable bonds is 7. The van der Waals surface area contributed by atoms with E-state index in [4.69, 9.17) is 4.74 Å². The summed E-state index contributed by atoms with van der Waals surface area (Å²) in [5, 5.41) is 10.4. The molecule has 0 spiro atoms. The predicted molar refractivity (Wildman–Crippen MR) is 107 cm³/mol. The zero-order valence-electron chi connectivity index (χ0n) is 16.1. The molecule has 27 heavy (non-hydrogen) atoms. The molecule has 2 aromatic carbocycles. The van der Waals surface area contributed by atoms with Gasteiger partial charge in [0.25, 0.3) is 0 Å². The van der Waals surface area contributed by atoms with Crippen LogP contribution in [0.4, 0.5) is 10.1 Å². The maximum atomic E-state index is 13.9. The smallest absolute Gasteiger partial charge is 0.146 e. The van der Waals surface area contributed by atoms with E-state index in [1.54, 1.807) is 6.07 Å². The number of halogens is 1. The van der Waals surface area contributed by atoms with Crippen LogP contribution in [0.1, 0.15) is 25.3 Å². The zero-order valence-corrected chi connectivity index (χ0v) is 16.1. The number of aliphatic hydroxyl groups is 1. The van der Waals surface area contributed by atoms with Crippen molar-refractivity contribution < 1.29 is 14.2 Å². The van der Waals surface area contributed by atoms with Crippen molar-refractivity contribution in [2.45, 2.75) is 25.9 Å². The molecule has 1 aliphatic heterocycles. The lowest BCUT2D eigenvalue weighted by Crippen LogP contribution is -2.49. The largest absolute Gasteiger partial charge is 0.491 e. The molecule has 2 aromatic rings. The Labute approximate surface area is 161 Å². The van der Waals surface area contributed by atoms with Crippen LogP contribution in [0.3, 0.4) is 0 Å². The number of aliphatic hydroxyl groups excluding tert-OH is 1. The first kappa shape index (κ1) is 19.6. The van der Waals surface area contributed by atoms with E-state index in [1.807, 2.05) is 30.3 Å². The highest BCUT2D eigenvalue weighted by atomic mass is 19.1. The fourth-order valence-electron chi connectivity index (χ4n) is 3.51. The van der Waals surface area contributed by atoms with Crippen molar-refractivity contribution in [1.82, 2.24) is 4.90 Å². The minimum atomic E-state index is -0.551. The SMILES string of the molecule is CC(C)c1ccccc1OC[C@@H](O)CN1CCN(c2ccccc2F)CC1. The summed E-state index contributed by atoms with van der Waals surface area (Å²) in [5.41, 5.74) is 1.81. The van der Waals surface area contributed by atoms with Gasteiger partial charge >= 0.3 is 0 Å². The third kappa shape index (κ3) is 5.21. The van der Waals surface area contributed by atoms with E-state index < -0.39 is 6.10 Å². The summed E-state index contributed by atoms with van der Waals surface area (Å²) >= 11 is 0. The third-order valence-electron chi connectivity index (χ3n) is 5.01. The Balaban J connectivity index is 1.46. The lowest BCUT2D eigenvalue weighted by Gasteiger charge is -2.37. The molecule has 1 N–H and O–H groups in total. The number of β-amino-alcohol motifs (C(OH)–C–C–N with tert-alkyl or cyclic N) is 1. The number of nitrogens with zero attached hydrogens (tertiary/aromatic N) is 2. The van der Waals surface area contributed by atoms with Crippen molar-refractivity contribution in [2.75, 3.05) is 44.2 Å². The van der Waals surface area contributed by atoms with Crippen molar-refractivity contribution in [3.05, 3.63) is 59.9 Å². The molecule has 1 atom stereocenters. The second-order valence-electron chi connectivity index (χ2n) is 7.40. The van der Waals surface area contributed by atoms with E-state index in [-0.39, 0.29) is 12.4 Å². The predicted octanol–water partition coefficient (Wildman–Crippen LogP) is 3.51. The average molecular weight is 372 g/mol. The van der Waals surface area contributed by atoms with Crippen molar-refractivity contribution >= 4 is 5.69 Å². The van der Waals surface area contributed by atoms with Crippen LogP contribution in [0.15, 0.2) is 48.5 Å². The molecule has 0 amide bonds. The summed E-state index contributed by atoms with van der Waals surface area (Å²) in [6.45, 7) is 8.21. The summed E-state index contributed by atoms with van der Waals surface area (Å²) in [5.74, 6) is 1.05. The van der Waals surface area contributed by atoms with E-state index in [9.17, 15) is 9.50 Å². The van der Waals surface area contributed by atoms with Gasteiger partial charge in [0.15, 0.2) is 0 Å². The molecule has 5 heteroatoms. The van der Waals surface area contributed by atoms with Gasteiger partial charge in [-0.2, -0.15) is 0 Å². The third-order valence-corrected chi connectivity index (χ3v) is 5.01. The van der Waals surface area contributed by atoms with Crippen LogP contribution >= 0.6 is 0 Å². The number of hydrogen-bond donors (Lipinski definition) is 1. The first-order valence-electron chi connectivity index (χ1n) is 9.66. The topological polar surface area (TPSA) is 35.9 Å². The molecule has 0 bridgehead atoms. The Bertz CT molecular complexity index is 730. The molecule has 1 fully saturated rings. The van der Waals surface area contributed by atoms with Gasteiger partial charge in [-0.1, -0.05) is 44.2 Å². The van der Waals surface area contributed by atoms with Crippen molar-refractivity contribution in [3.8, 4) is 5.75 Å². The van der Waals surface area contributed by atoms with Gasteiger partial charge in [0.1, 0.15) is 24.3 Å². The van der Waals surface area contributed by atoms with Crippen LogP contribution in [0.2, 0.25) is 0 Å². The molecule has 1 aliphatic rings. The highest BCUT2D eigenvalue weighted by Crippen LogP contribution is 2.26. The molecule has 1 saturated heterocycles. The van der Waals surface area contributed by atoms with Gasteiger partial charge < -0.3 is 14.7 Å². The van der Waals surface area contributed by atoms with Crippen molar-refractivity contribution in [1.29, 1.82) is 0 Å². The fraction of sp³-hybridized carbons (Fsp3) is 0.455. The Morgan fingerprint density at radius 2 is 1.67 bits per heavy atom. The molecular formula is C22H29FN2O2. The fourth-order valence-corrected chi connectivity index (χ4v) is 3.51. The van der Waals surface area contributed by atoms with Crippen LogP contribution < -0.4 is 9.64 Å². The number of anilines is 1. The molecule has 0 saturated carbocycles. The van der Waals surface area contributed by atoms with E-state index in [0.717, 1.165) is 37.5 Å². The zero-order chi connectivity index (χ0) is 19.2.